The summed E-state index contributed by atoms with van der Waals surface area (Å²) >= 11 is 7.93. The third-order valence-corrected chi connectivity index (χ3v) is 3.28. The number of hydrogen-bond acceptors (Lipinski definition) is 4. The van der Waals surface area contributed by atoms with Gasteiger partial charge in [0.15, 0.2) is 0 Å². The van der Waals surface area contributed by atoms with Crippen LogP contribution in [-0.4, -0.2) is 35.6 Å². The number of halogens is 1. The highest BCUT2D eigenvalue weighted by molar-refractivity contribution is 7.98. The summed E-state index contributed by atoms with van der Waals surface area (Å²) in [5, 5.41) is 0.586. The van der Waals surface area contributed by atoms with Crippen LogP contribution in [0.5, 0.6) is 0 Å². The molecule has 1 aromatic heterocycles. The van der Waals surface area contributed by atoms with Crippen LogP contribution in [0.1, 0.15) is 18.9 Å². The number of thioether (sulfide) groups is 1. The molecule has 1 rings (SSSR count). The van der Waals surface area contributed by atoms with Gasteiger partial charge in [0.2, 0.25) is 0 Å². The van der Waals surface area contributed by atoms with E-state index >= 15 is 0 Å². The van der Waals surface area contributed by atoms with Gasteiger partial charge in [-0.25, -0.2) is 9.97 Å². The molecule has 0 saturated heterocycles. The van der Waals surface area contributed by atoms with E-state index in [1.54, 1.807) is 0 Å². The summed E-state index contributed by atoms with van der Waals surface area (Å²) in [4.78, 5) is 10.5. The summed E-state index contributed by atoms with van der Waals surface area (Å²) in [6.07, 6.45) is 5.62. The van der Waals surface area contributed by atoms with Gasteiger partial charge in [0, 0.05) is 24.9 Å². The molecular weight excluding hydrogens is 242 g/mol. The van der Waals surface area contributed by atoms with E-state index in [2.05, 4.69) is 28.0 Å². The lowest BCUT2D eigenvalue weighted by molar-refractivity contribution is 0.862. The topological polar surface area (TPSA) is 29.0 Å². The predicted molar refractivity (Wildman–Crippen MR) is 72.7 cm³/mol. The number of nitrogens with zero attached hydrogens (tertiary/aromatic N) is 3. The molecule has 90 valence electrons. The van der Waals surface area contributed by atoms with Crippen molar-refractivity contribution in [3.63, 3.8) is 0 Å². The van der Waals surface area contributed by atoms with Crippen LogP contribution in [0.15, 0.2) is 6.33 Å². The molecule has 0 aliphatic heterocycles. The minimum absolute atomic E-state index is 0.586. The second-order valence-corrected chi connectivity index (χ2v) is 4.97. The number of rotatable bonds is 6. The van der Waals surface area contributed by atoms with Crippen LogP contribution in [-0.2, 0) is 6.42 Å². The van der Waals surface area contributed by atoms with Gasteiger partial charge in [-0.3, -0.25) is 0 Å². The Morgan fingerprint density at radius 1 is 1.44 bits per heavy atom. The van der Waals surface area contributed by atoms with Crippen LogP contribution in [0, 0.1) is 0 Å². The summed E-state index contributed by atoms with van der Waals surface area (Å²) < 4.78 is 0. The Morgan fingerprint density at radius 2 is 2.19 bits per heavy atom. The van der Waals surface area contributed by atoms with Crippen LogP contribution < -0.4 is 4.90 Å². The van der Waals surface area contributed by atoms with Crippen LogP contribution in [0.3, 0.4) is 0 Å². The van der Waals surface area contributed by atoms with Crippen molar-refractivity contribution >= 4 is 29.2 Å². The van der Waals surface area contributed by atoms with Gasteiger partial charge in [-0.05, 0) is 12.7 Å². The number of anilines is 1. The first-order valence-electron chi connectivity index (χ1n) is 5.40. The second kappa shape index (κ2) is 6.97. The molecule has 0 unspecified atom stereocenters. The van der Waals surface area contributed by atoms with Gasteiger partial charge in [0.25, 0.3) is 0 Å². The standard InChI is InChI=1S/C11H18ClN3S/c1-4-5-9-10(12)13-8-14-11(9)15(2)6-7-16-3/h8H,4-7H2,1-3H3. The first-order chi connectivity index (χ1) is 7.70. The molecule has 3 nitrogen and oxygen atoms in total. The van der Waals surface area contributed by atoms with Gasteiger partial charge >= 0.3 is 0 Å². The SMILES string of the molecule is CCCc1c(Cl)ncnc1N(C)CCSC. The van der Waals surface area contributed by atoms with Crippen molar-refractivity contribution in [2.75, 3.05) is 30.5 Å². The van der Waals surface area contributed by atoms with E-state index in [-0.39, 0.29) is 0 Å². The quantitative estimate of drug-likeness (QED) is 0.735. The van der Waals surface area contributed by atoms with Gasteiger partial charge in [-0.2, -0.15) is 11.8 Å². The van der Waals surface area contributed by atoms with E-state index in [9.17, 15) is 0 Å². The average Bonchev–Trinajstić information content (AvgIpc) is 2.29. The predicted octanol–water partition coefficient (Wildman–Crippen LogP) is 2.88. The minimum atomic E-state index is 0.586. The molecule has 0 aliphatic carbocycles. The van der Waals surface area contributed by atoms with Crippen molar-refractivity contribution in [1.29, 1.82) is 0 Å². The highest BCUT2D eigenvalue weighted by atomic mass is 35.5. The van der Waals surface area contributed by atoms with E-state index in [0.717, 1.165) is 36.5 Å². The molecule has 0 radical (unpaired) electrons. The lowest BCUT2D eigenvalue weighted by atomic mass is 10.2. The highest BCUT2D eigenvalue weighted by Gasteiger charge is 2.12. The number of hydrogen-bond donors (Lipinski definition) is 0. The molecule has 0 atom stereocenters. The maximum atomic E-state index is 6.10. The van der Waals surface area contributed by atoms with Crippen molar-refractivity contribution in [3.05, 3.63) is 17.0 Å². The summed E-state index contributed by atoms with van der Waals surface area (Å²) in [7, 11) is 2.05. The minimum Gasteiger partial charge on any atom is -0.358 e. The zero-order chi connectivity index (χ0) is 12.0. The Balaban J connectivity index is 2.88. The molecule has 0 saturated carbocycles. The molecule has 0 amide bonds. The lowest BCUT2D eigenvalue weighted by Crippen LogP contribution is -2.23. The van der Waals surface area contributed by atoms with E-state index in [0.29, 0.717) is 5.15 Å². The maximum Gasteiger partial charge on any atom is 0.137 e. The normalized spacial score (nSPS) is 10.5. The van der Waals surface area contributed by atoms with E-state index in [1.807, 2.05) is 18.8 Å². The molecule has 0 fully saturated rings. The molecule has 1 aromatic rings. The average molecular weight is 260 g/mol. The fourth-order valence-electron chi connectivity index (χ4n) is 1.51. The molecule has 0 aliphatic rings. The maximum absolute atomic E-state index is 6.10. The molecule has 0 bridgehead atoms. The van der Waals surface area contributed by atoms with Gasteiger partial charge in [0.1, 0.15) is 17.3 Å². The molecule has 0 spiro atoms. The second-order valence-electron chi connectivity index (χ2n) is 3.63. The monoisotopic (exact) mass is 259 g/mol. The smallest absolute Gasteiger partial charge is 0.137 e. The molecular formula is C11H18ClN3S. The zero-order valence-electron chi connectivity index (χ0n) is 10.0. The summed E-state index contributed by atoms with van der Waals surface area (Å²) in [6, 6.07) is 0. The first kappa shape index (κ1) is 13.6. The Morgan fingerprint density at radius 3 is 2.81 bits per heavy atom. The van der Waals surface area contributed by atoms with Gasteiger partial charge in [0.05, 0.1) is 0 Å². The van der Waals surface area contributed by atoms with Crippen molar-refractivity contribution in [2.45, 2.75) is 19.8 Å². The fraction of sp³-hybridized carbons (Fsp3) is 0.636. The third kappa shape index (κ3) is 3.52. The fourth-order valence-corrected chi connectivity index (χ4v) is 2.19. The lowest BCUT2D eigenvalue weighted by Gasteiger charge is -2.20. The van der Waals surface area contributed by atoms with Crippen LogP contribution >= 0.6 is 23.4 Å². The first-order valence-corrected chi connectivity index (χ1v) is 7.17. The van der Waals surface area contributed by atoms with Gasteiger partial charge in [-0.15, -0.1) is 0 Å². The molecule has 1 heterocycles. The van der Waals surface area contributed by atoms with Crippen molar-refractivity contribution in [2.24, 2.45) is 0 Å². The Bertz CT molecular complexity index is 333. The van der Waals surface area contributed by atoms with Gasteiger partial charge in [-0.1, -0.05) is 24.9 Å². The van der Waals surface area contributed by atoms with Crippen LogP contribution in [0.25, 0.3) is 0 Å². The summed E-state index contributed by atoms with van der Waals surface area (Å²) in [5.74, 6) is 2.06. The molecule has 0 aromatic carbocycles. The van der Waals surface area contributed by atoms with Crippen LogP contribution in [0.2, 0.25) is 5.15 Å². The van der Waals surface area contributed by atoms with Crippen molar-refractivity contribution < 1.29 is 0 Å². The summed E-state index contributed by atoms with van der Waals surface area (Å²) in [5.41, 5.74) is 1.07. The molecule has 5 heteroatoms. The highest BCUT2D eigenvalue weighted by Crippen LogP contribution is 2.23. The molecule has 16 heavy (non-hydrogen) atoms. The Labute approximate surface area is 107 Å². The van der Waals surface area contributed by atoms with Gasteiger partial charge < -0.3 is 4.90 Å². The third-order valence-electron chi connectivity index (χ3n) is 2.36. The number of aromatic nitrogens is 2. The Hall–Kier alpha value is -0.480. The van der Waals surface area contributed by atoms with E-state index in [4.69, 9.17) is 11.6 Å². The molecule has 0 N–H and O–H groups in total. The largest absolute Gasteiger partial charge is 0.358 e. The zero-order valence-corrected chi connectivity index (χ0v) is 11.6. The Kier molecular flexibility index (Phi) is 5.91. The van der Waals surface area contributed by atoms with E-state index < -0.39 is 0 Å². The van der Waals surface area contributed by atoms with Crippen molar-refractivity contribution in [3.8, 4) is 0 Å². The van der Waals surface area contributed by atoms with E-state index in [1.165, 1.54) is 6.33 Å². The van der Waals surface area contributed by atoms with Crippen molar-refractivity contribution in [1.82, 2.24) is 9.97 Å². The summed E-state index contributed by atoms with van der Waals surface area (Å²) in [6.45, 7) is 3.11. The van der Waals surface area contributed by atoms with Crippen LogP contribution in [0.4, 0.5) is 5.82 Å².